The molecule has 0 saturated carbocycles. The number of carbonyl (C=O) groups is 5. The summed E-state index contributed by atoms with van der Waals surface area (Å²) in [6.07, 6.45) is -4.59. The monoisotopic (exact) mass is 499 g/mol. The van der Waals surface area contributed by atoms with Crippen LogP contribution in [0.2, 0.25) is 0 Å². The highest BCUT2D eigenvalue weighted by atomic mass is 19.3. The second kappa shape index (κ2) is 14.6. The van der Waals surface area contributed by atoms with Crippen LogP contribution in [0.3, 0.4) is 0 Å². The maximum Gasteiger partial charge on any atom is 0.408 e. The summed E-state index contributed by atoms with van der Waals surface area (Å²) in [6, 6.07) is 4.57. The first-order valence-corrected chi connectivity index (χ1v) is 11.1. The number of hydrogen-bond donors (Lipinski definition) is 4. The lowest BCUT2D eigenvalue weighted by molar-refractivity contribution is -0.151. The van der Waals surface area contributed by atoms with Gasteiger partial charge in [-0.25, -0.2) is 18.4 Å². The van der Waals surface area contributed by atoms with Crippen LogP contribution in [-0.2, 0) is 30.5 Å². The fourth-order valence-electron chi connectivity index (χ4n) is 3.04. The van der Waals surface area contributed by atoms with E-state index in [-0.39, 0.29) is 18.9 Å². The standard InChI is InChI=1S/C23H31F2N3O7/c1-4-13(3)18(28-23(34)35-12-14-9-7-6-8-10-14)21(31)26-15(5-2)20(30)27-16(11-17(24)25)19(29)22(32)33/h6-10,13,15-18H,4-5,11-12H2,1-3H3,(H,26,31)(H,27,30)(H,28,34)(H,32,33)/t13-,15-,16-,18-/m0/s1. The van der Waals surface area contributed by atoms with E-state index in [1.165, 1.54) is 6.92 Å². The topological polar surface area (TPSA) is 151 Å². The summed E-state index contributed by atoms with van der Waals surface area (Å²) in [7, 11) is 0. The Hall–Kier alpha value is -3.57. The molecule has 0 aliphatic carbocycles. The van der Waals surface area contributed by atoms with Crippen molar-refractivity contribution in [1.29, 1.82) is 0 Å². The quantitative estimate of drug-likeness (QED) is 0.286. The Kier molecular flexibility index (Phi) is 12.3. The number of rotatable bonds is 14. The molecule has 0 aliphatic rings. The van der Waals surface area contributed by atoms with Crippen LogP contribution in [0.5, 0.6) is 0 Å². The molecule has 4 N–H and O–H groups in total. The van der Waals surface area contributed by atoms with Gasteiger partial charge in [-0.3, -0.25) is 14.4 Å². The highest BCUT2D eigenvalue weighted by molar-refractivity contribution is 6.35. The van der Waals surface area contributed by atoms with E-state index in [9.17, 15) is 32.8 Å². The molecule has 0 heterocycles. The van der Waals surface area contributed by atoms with E-state index in [4.69, 9.17) is 9.84 Å². The number of carboxylic acids is 1. The number of halogens is 2. The molecule has 194 valence electrons. The molecular formula is C23H31F2N3O7. The number of ether oxygens (including phenoxy) is 1. The summed E-state index contributed by atoms with van der Waals surface area (Å²) in [5.41, 5.74) is 0.740. The van der Waals surface area contributed by atoms with Crippen molar-refractivity contribution < 1.29 is 42.6 Å². The number of aliphatic carboxylic acids is 1. The normalized spacial score (nSPS) is 14.2. The average molecular weight is 500 g/mol. The van der Waals surface area contributed by atoms with Crippen molar-refractivity contribution in [3.8, 4) is 0 Å². The van der Waals surface area contributed by atoms with Gasteiger partial charge in [-0.1, -0.05) is 57.5 Å². The van der Waals surface area contributed by atoms with Crippen molar-refractivity contribution in [2.45, 2.75) is 71.2 Å². The molecule has 0 aromatic heterocycles. The zero-order chi connectivity index (χ0) is 26.5. The van der Waals surface area contributed by atoms with Crippen LogP contribution < -0.4 is 16.0 Å². The fourth-order valence-corrected chi connectivity index (χ4v) is 3.04. The van der Waals surface area contributed by atoms with E-state index < -0.39 is 60.6 Å². The summed E-state index contributed by atoms with van der Waals surface area (Å²) in [4.78, 5) is 60.3. The lowest BCUT2D eigenvalue weighted by Gasteiger charge is -2.26. The summed E-state index contributed by atoms with van der Waals surface area (Å²) in [5, 5.41) is 15.7. The van der Waals surface area contributed by atoms with Crippen molar-refractivity contribution >= 4 is 29.7 Å². The van der Waals surface area contributed by atoms with Crippen molar-refractivity contribution in [2.75, 3.05) is 0 Å². The highest BCUT2D eigenvalue weighted by Crippen LogP contribution is 2.11. The molecule has 0 spiro atoms. The van der Waals surface area contributed by atoms with Gasteiger partial charge in [-0.05, 0) is 17.9 Å². The van der Waals surface area contributed by atoms with E-state index >= 15 is 0 Å². The average Bonchev–Trinajstić information content (AvgIpc) is 2.83. The van der Waals surface area contributed by atoms with E-state index in [1.807, 2.05) is 5.32 Å². The van der Waals surface area contributed by atoms with Gasteiger partial charge in [0, 0.05) is 6.42 Å². The molecule has 10 nitrogen and oxygen atoms in total. The molecule has 0 saturated heterocycles. The number of nitrogens with one attached hydrogen (secondary N) is 3. The minimum atomic E-state index is -3.04. The molecule has 0 fully saturated rings. The number of benzene rings is 1. The minimum Gasteiger partial charge on any atom is -0.475 e. The summed E-state index contributed by atoms with van der Waals surface area (Å²) < 4.78 is 30.7. The number of carbonyl (C=O) groups excluding carboxylic acids is 4. The van der Waals surface area contributed by atoms with Gasteiger partial charge in [0.05, 0.1) is 0 Å². The molecule has 1 aromatic rings. The van der Waals surface area contributed by atoms with E-state index in [0.29, 0.717) is 6.42 Å². The van der Waals surface area contributed by atoms with Gasteiger partial charge in [0.1, 0.15) is 24.7 Å². The van der Waals surface area contributed by atoms with Gasteiger partial charge in [-0.2, -0.15) is 0 Å². The van der Waals surface area contributed by atoms with Gasteiger partial charge in [0.15, 0.2) is 0 Å². The highest BCUT2D eigenvalue weighted by Gasteiger charge is 2.33. The van der Waals surface area contributed by atoms with Crippen molar-refractivity contribution in [2.24, 2.45) is 5.92 Å². The van der Waals surface area contributed by atoms with Gasteiger partial charge in [0.2, 0.25) is 18.2 Å². The van der Waals surface area contributed by atoms with Crippen LogP contribution in [-0.4, -0.2) is 59.3 Å². The van der Waals surface area contributed by atoms with E-state index in [2.05, 4.69) is 10.6 Å². The molecule has 3 amide bonds. The Labute approximate surface area is 201 Å². The van der Waals surface area contributed by atoms with Crippen LogP contribution in [0, 0.1) is 5.92 Å². The third-order valence-corrected chi connectivity index (χ3v) is 5.28. The first kappa shape index (κ1) is 29.5. The predicted octanol–water partition coefficient (Wildman–Crippen LogP) is 2.02. The Morgan fingerprint density at radius 1 is 0.914 bits per heavy atom. The van der Waals surface area contributed by atoms with Gasteiger partial charge in [0.25, 0.3) is 5.78 Å². The molecular weight excluding hydrogens is 468 g/mol. The summed E-state index contributed by atoms with van der Waals surface area (Å²) >= 11 is 0. The van der Waals surface area contributed by atoms with Gasteiger partial charge in [-0.15, -0.1) is 0 Å². The Morgan fingerprint density at radius 2 is 1.51 bits per heavy atom. The first-order valence-electron chi connectivity index (χ1n) is 11.1. The van der Waals surface area contributed by atoms with Gasteiger partial charge < -0.3 is 25.8 Å². The van der Waals surface area contributed by atoms with Crippen LogP contribution in [0.25, 0.3) is 0 Å². The molecule has 0 radical (unpaired) electrons. The number of alkyl halides is 2. The van der Waals surface area contributed by atoms with Crippen LogP contribution in [0.15, 0.2) is 30.3 Å². The lowest BCUT2D eigenvalue weighted by Crippen LogP contribution is -2.57. The number of amides is 3. The number of alkyl carbamates (subject to hydrolysis) is 1. The summed E-state index contributed by atoms with van der Waals surface area (Å²) in [5.74, 6) is -5.66. The molecule has 1 rings (SSSR count). The van der Waals surface area contributed by atoms with E-state index in [0.717, 1.165) is 5.56 Å². The zero-order valence-corrected chi connectivity index (χ0v) is 19.8. The Morgan fingerprint density at radius 3 is 2.03 bits per heavy atom. The minimum absolute atomic E-state index is 0.00587. The Bertz CT molecular complexity index is 883. The second-order valence-electron chi connectivity index (χ2n) is 7.90. The first-order chi connectivity index (χ1) is 16.5. The lowest BCUT2D eigenvalue weighted by atomic mass is 9.98. The third kappa shape index (κ3) is 10.1. The van der Waals surface area contributed by atoms with Gasteiger partial charge >= 0.3 is 12.1 Å². The maximum atomic E-state index is 12.9. The van der Waals surface area contributed by atoms with Crippen LogP contribution in [0.1, 0.15) is 45.6 Å². The number of hydrogen-bond acceptors (Lipinski definition) is 6. The fraction of sp³-hybridized carbons (Fsp3) is 0.522. The Balaban J connectivity index is 2.85. The van der Waals surface area contributed by atoms with Crippen LogP contribution in [0.4, 0.5) is 13.6 Å². The van der Waals surface area contributed by atoms with E-state index in [1.54, 1.807) is 44.2 Å². The van der Waals surface area contributed by atoms with Crippen molar-refractivity contribution in [3.63, 3.8) is 0 Å². The maximum absolute atomic E-state index is 12.9. The molecule has 0 unspecified atom stereocenters. The van der Waals surface area contributed by atoms with Crippen molar-refractivity contribution in [1.82, 2.24) is 16.0 Å². The second-order valence-corrected chi connectivity index (χ2v) is 7.90. The summed E-state index contributed by atoms with van der Waals surface area (Å²) in [6.45, 7) is 4.99. The van der Waals surface area contributed by atoms with Crippen molar-refractivity contribution in [3.05, 3.63) is 35.9 Å². The smallest absolute Gasteiger partial charge is 0.408 e. The van der Waals surface area contributed by atoms with Crippen LogP contribution >= 0.6 is 0 Å². The number of ketones is 1. The third-order valence-electron chi connectivity index (χ3n) is 5.28. The molecule has 12 heteroatoms. The SMILES string of the molecule is CC[C@H](NC(=O)[C@@H](NC(=O)OCc1ccccc1)[C@@H](C)CC)C(=O)N[C@@H](CC(F)F)C(=O)C(=O)O. The molecule has 0 aliphatic heterocycles. The zero-order valence-electron chi connectivity index (χ0n) is 19.8. The largest absolute Gasteiger partial charge is 0.475 e. The molecule has 35 heavy (non-hydrogen) atoms. The molecule has 0 bridgehead atoms. The number of Topliss-reactive ketones (excluding diaryl/α,β-unsaturated/α-hetero) is 1. The molecule has 4 atom stereocenters. The molecule has 1 aromatic carbocycles. The number of carboxylic acid groups (broad SMARTS) is 1. The predicted molar refractivity (Wildman–Crippen MR) is 120 cm³/mol.